The summed E-state index contributed by atoms with van der Waals surface area (Å²) in [6.45, 7) is 1.55. The molecule has 20 heavy (non-hydrogen) atoms. The van der Waals surface area contributed by atoms with Gasteiger partial charge in [0, 0.05) is 37.6 Å². The van der Waals surface area contributed by atoms with Crippen LogP contribution in [-0.4, -0.2) is 33.4 Å². The van der Waals surface area contributed by atoms with Crippen LogP contribution in [0.25, 0.3) is 0 Å². The largest absolute Gasteiger partial charge is 0.335 e. The van der Waals surface area contributed by atoms with Crippen LogP contribution >= 0.6 is 11.6 Å². The van der Waals surface area contributed by atoms with Gasteiger partial charge in [-0.1, -0.05) is 29.8 Å². The van der Waals surface area contributed by atoms with Crippen LogP contribution < -0.4 is 0 Å². The van der Waals surface area contributed by atoms with E-state index in [1.165, 1.54) is 0 Å². The minimum atomic E-state index is 0.00732. The van der Waals surface area contributed by atoms with E-state index in [9.17, 15) is 4.79 Å². The van der Waals surface area contributed by atoms with E-state index in [2.05, 4.69) is 4.98 Å². The molecule has 1 amide bonds. The molecule has 0 bridgehead atoms. The number of aromatic nitrogens is 2. The van der Waals surface area contributed by atoms with Gasteiger partial charge in [0.1, 0.15) is 0 Å². The van der Waals surface area contributed by atoms with Gasteiger partial charge < -0.3 is 9.47 Å². The predicted molar refractivity (Wildman–Crippen MR) is 77.8 cm³/mol. The van der Waals surface area contributed by atoms with Crippen molar-refractivity contribution in [3.63, 3.8) is 0 Å². The Bertz CT molecular complexity index is 632. The molecule has 1 aromatic heterocycles. The van der Waals surface area contributed by atoms with Crippen LogP contribution in [0.4, 0.5) is 0 Å². The number of imidazole rings is 1. The summed E-state index contributed by atoms with van der Waals surface area (Å²) in [7, 11) is 1.83. The van der Waals surface area contributed by atoms with Crippen molar-refractivity contribution >= 4 is 17.5 Å². The van der Waals surface area contributed by atoms with Gasteiger partial charge in [0.05, 0.1) is 0 Å². The van der Waals surface area contributed by atoms with Crippen LogP contribution in [0.2, 0.25) is 5.02 Å². The summed E-state index contributed by atoms with van der Waals surface area (Å²) in [6, 6.07) is 7.89. The molecule has 1 saturated heterocycles. The molecule has 2 aromatic rings. The van der Waals surface area contributed by atoms with Gasteiger partial charge in [-0.05, 0) is 24.0 Å². The second-order valence-corrected chi connectivity index (χ2v) is 5.64. The average Bonchev–Trinajstić information content (AvgIpc) is 2.81. The highest BCUT2D eigenvalue weighted by atomic mass is 35.5. The highest BCUT2D eigenvalue weighted by Gasteiger charge is 2.32. The summed E-state index contributed by atoms with van der Waals surface area (Å²) >= 11 is 6.16. The van der Waals surface area contributed by atoms with Crippen molar-refractivity contribution in [3.8, 4) is 0 Å². The van der Waals surface area contributed by atoms with Crippen molar-refractivity contribution in [2.24, 2.45) is 13.0 Å². The van der Waals surface area contributed by atoms with Crippen LogP contribution in [0.1, 0.15) is 16.2 Å². The molecule has 1 aliphatic rings. The number of aryl methyl sites for hydroxylation is 1. The number of benzene rings is 1. The lowest BCUT2D eigenvalue weighted by Gasteiger charge is -2.39. The maximum Gasteiger partial charge on any atom is 0.289 e. The first-order valence-electron chi connectivity index (χ1n) is 6.65. The molecule has 0 N–H and O–H groups in total. The lowest BCUT2D eigenvalue weighted by atomic mass is 9.92. The van der Waals surface area contributed by atoms with Gasteiger partial charge in [-0.25, -0.2) is 4.98 Å². The topological polar surface area (TPSA) is 38.1 Å². The second kappa shape index (κ2) is 5.29. The molecular formula is C15H16ClN3O. The predicted octanol–water partition coefficient (Wildman–Crippen LogP) is 2.39. The van der Waals surface area contributed by atoms with Crippen molar-refractivity contribution in [1.29, 1.82) is 0 Å². The van der Waals surface area contributed by atoms with Gasteiger partial charge in [0.15, 0.2) is 5.82 Å². The summed E-state index contributed by atoms with van der Waals surface area (Å²) < 4.78 is 1.75. The van der Waals surface area contributed by atoms with E-state index in [-0.39, 0.29) is 5.91 Å². The third-order valence-corrected chi connectivity index (χ3v) is 4.09. The first-order valence-corrected chi connectivity index (χ1v) is 7.03. The van der Waals surface area contributed by atoms with Crippen LogP contribution in [0.15, 0.2) is 36.7 Å². The summed E-state index contributed by atoms with van der Waals surface area (Å²) in [5.74, 6) is 0.994. The van der Waals surface area contributed by atoms with E-state index in [0.29, 0.717) is 11.7 Å². The van der Waals surface area contributed by atoms with Crippen molar-refractivity contribution in [2.75, 3.05) is 13.1 Å². The Morgan fingerprint density at radius 2 is 2.15 bits per heavy atom. The average molecular weight is 290 g/mol. The monoisotopic (exact) mass is 289 g/mol. The minimum Gasteiger partial charge on any atom is -0.335 e. The van der Waals surface area contributed by atoms with Crippen LogP contribution in [0.3, 0.4) is 0 Å². The van der Waals surface area contributed by atoms with Gasteiger partial charge >= 0.3 is 0 Å². The maximum absolute atomic E-state index is 12.2. The van der Waals surface area contributed by atoms with E-state index >= 15 is 0 Å². The normalized spacial score (nSPS) is 15.2. The molecule has 0 unspecified atom stereocenters. The Hall–Kier alpha value is -1.81. The molecule has 0 spiro atoms. The molecule has 5 heteroatoms. The molecule has 3 rings (SSSR count). The van der Waals surface area contributed by atoms with Crippen LogP contribution in [0.5, 0.6) is 0 Å². The zero-order valence-corrected chi connectivity index (χ0v) is 12.0. The molecule has 0 atom stereocenters. The van der Waals surface area contributed by atoms with Crippen LogP contribution in [0, 0.1) is 5.92 Å². The third-order valence-electron chi connectivity index (χ3n) is 3.72. The lowest BCUT2D eigenvalue weighted by Crippen LogP contribution is -2.51. The van der Waals surface area contributed by atoms with E-state index in [1.54, 1.807) is 17.0 Å². The number of carbonyl (C=O) groups is 1. The quantitative estimate of drug-likeness (QED) is 0.870. The fraction of sp³-hybridized carbons (Fsp3) is 0.333. The van der Waals surface area contributed by atoms with Crippen LogP contribution in [-0.2, 0) is 13.5 Å². The highest BCUT2D eigenvalue weighted by molar-refractivity contribution is 6.31. The molecule has 1 aromatic carbocycles. The summed E-state index contributed by atoms with van der Waals surface area (Å²) in [5.41, 5.74) is 1.16. The molecule has 1 aliphatic heterocycles. The molecular weight excluding hydrogens is 274 g/mol. The summed E-state index contributed by atoms with van der Waals surface area (Å²) in [5, 5.41) is 0.807. The number of halogens is 1. The third kappa shape index (κ3) is 2.43. The molecule has 4 nitrogen and oxygen atoms in total. The van der Waals surface area contributed by atoms with Gasteiger partial charge in [0.2, 0.25) is 0 Å². The Morgan fingerprint density at radius 3 is 2.80 bits per heavy atom. The standard InChI is InChI=1S/C15H16ClN3O/c1-18-7-6-17-14(18)15(20)19-9-11(10-19)8-12-4-2-3-5-13(12)16/h2-7,11H,8-10H2,1H3. The number of rotatable bonds is 3. The highest BCUT2D eigenvalue weighted by Crippen LogP contribution is 2.25. The summed E-state index contributed by atoms with van der Waals surface area (Å²) in [6.07, 6.45) is 4.35. The maximum atomic E-state index is 12.2. The molecule has 0 radical (unpaired) electrons. The number of hydrogen-bond donors (Lipinski definition) is 0. The minimum absolute atomic E-state index is 0.00732. The zero-order valence-electron chi connectivity index (χ0n) is 11.3. The fourth-order valence-corrected chi connectivity index (χ4v) is 2.77. The SMILES string of the molecule is Cn1ccnc1C(=O)N1CC(Cc2ccccc2Cl)C1. The Balaban J connectivity index is 1.58. The second-order valence-electron chi connectivity index (χ2n) is 5.23. The van der Waals surface area contributed by atoms with Gasteiger partial charge in [-0.2, -0.15) is 0 Å². The number of carbonyl (C=O) groups excluding carboxylic acids is 1. The van der Waals surface area contributed by atoms with Gasteiger partial charge in [-0.15, -0.1) is 0 Å². The van der Waals surface area contributed by atoms with Crippen molar-refractivity contribution < 1.29 is 4.79 Å². The number of likely N-dealkylation sites (tertiary alicyclic amines) is 1. The van der Waals surface area contributed by atoms with E-state index in [4.69, 9.17) is 11.6 Å². The van der Waals surface area contributed by atoms with Crippen molar-refractivity contribution in [2.45, 2.75) is 6.42 Å². The molecule has 104 valence electrons. The first kappa shape index (κ1) is 13.2. The Morgan fingerprint density at radius 1 is 1.40 bits per heavy atom. The lowest BCUT2D eigenvalue weighted by molar-refractivity contribution is 0.0485. The zero-order chi connectivity index (χ0) is 14.1. The number of nitrogens with zero attached hydrogens (tertiary/aromatic N) is 3. The Kier molecular flexibility index (Phi) is 3.49. The van der Waals surface area contributed by atoms with E-state index in [1.807, 2.05) is 36.2 Å². The first-order chi connectivity index (χ1) is 9.65. The fourth-order valence-electron chi connectivity index (χ4n) is 2.55. The van der Waals surface area contributed by atoms with Crippen molar-refractivity contribution in [3.05, 3.63) is 53.1 Å². The van der Waals surface area contributed by atoms with E-state index < -0.39 is 0 Å². The van der Waals surface area contributed by atoms with Gasteiger partial charge in [0.25, 0.3) is 5.91 Å². The van der Waals surface area contributed by atoms with Gasteiger partial charge in [-0.3, -0.25) is 4.79 Å². The smallest absolute Gasteiger partial charge is 0.289 e. The number of amides is 1. The molecule has 0 saturated carbocycles. The molecule has 2 heterocycles. The van der Waals surface area contributed by atoms with E-state index in [0.717, 1.165) is 30.1 Å². The Labute approximate surface area is 123 Å². The number of hydrogen-bond acceptors (Lipinski definition) is 2. The molecule has 0 aliphatic carbocycles. The van der Waals surface area contributed by atoms with Crippen molar-refractivity contribution in [1.82, 2.24) is 14.5 Å². The molecule has 1 fully saturated rings. The summed E-state index contributed by atoms with van der Waals surface area (Å²) in [4.78, 5) is 18.1.